The average Bonchev–Trinajstić information content (AvgIpc) is 2.73. The fourth-order valence-electron chi connectivity index (χ4n) is 2.46. The highest BCUT2D eigenvalue weighted by Gasteiger charge is 2.21. The fourth-order valence-corrected chi connectivity index (χ4v) is 5.02. The van der Waals surface area contributed by atoms with Gasteiger partial charge in [0.15, 0.2) is 0 Å². The molecule has 0 aliphatic heterocycles. The summed E-state index contributed by atoms with van der Waals surface area (Å²) in [7, 11) is 0. The lowest BCUT2D eigenvalue weighted by Crippen LogP contribution is -2.03. The van der Waals surface area contributed by atoms with Crippen LogP contribution in [-0.2, 0) is 0 Å². The van der Waals surface area contributed by atoms with Crippen LogP contribution in [0.1, 0.15) is 15.9 Å². The van der Waals surface area contributed by atoms with Crippen molar-refractivity contribution in [3.05, 3.63) is 107 Å². The Hall–Kier alpha value is -1.20. The van der Waals surface area contributed by atoms with Gasteiger partial charge in [0.05, 0.1) is 9.83 Å². The summed E-state index contributed by atoms with van der Waals surface area (Å²) in [6, 6.07) is 19.2. The van der Waals surface area contributed by atoms with Crippen molar-refractivity contribution in [2.75, 3.05) is 0 Å². The molecule has 0 spiro atoms. The molecule has 0 radical (unpaired) electrons. The van der Waals surface area contributed by atoms with Gasteiger partial charge in [-0.25, -0.2) is 0 Å². The minimum atomic E-state index is -0.534. The molecule has 0 fully saturated rings. The van der Waals surface area contributed by atoms with Gasteiger partial charge in [-0.1, -0.05) is 61.3 Å². The van der Waals surface area contributed by atoms with Crippen molar-refractivity contribution in [3.63, 3.8) is 0 Å². The van der Waals surface area contributed by atoms with Gasteiger partial charge in [0.1, 0.15) is 5.02 Å². The van der Waals surface area contributed by atoms with E-state index in [1.54, 1.807) is 30.3 Å². The number of hydrogen-bond acceptors (Lipinski definition) is 4. The van der Waals surface area contributed by atoms with Crippen LogP contribution in [0.5, 0.6) is 0 Å². The molecule has 0 atom stereocenters. The van der Waals surface area contributed by atoms with Crippen LogP contribution in [-0.4, -0.2) is 10.7 Å². The first-order valence-corrected chi connectivity index (χ1v) is 12.2. The molecule has 0 unspecified atom stereocenters. The maximum absolute atomic E-state index is 13.4. The summed E-state index contributed by atoms with van der Waals surface area (Å²) in [5, 5.41) is 11.3. The maximum Gasteiger partial charge on any atom is 0.288 e. The number of carbonyl (C=O) groups excluding carboxylic acids is 1. The number of nitrogens with zero attached hydrogens (tertiary/aromatic N) is 1. The monoisotopic (exact) mass is 677 g/mol. The average molecular weight is 680 g/mol. The van der Waals surface area contributed by atoms with Gasteiger partial charge in [0, 0.05) is 29.1 Å². The van der Waals surface area contributed by atoms with Crippen LogP contribution in [0.3, 0.4) is 0 Å². The number of ketones is 1. The Balaban J connectivity index is 2.12. The van der Waals surface area contributed by atoms with Crippen molar-refractivity contribution in [1.29, 1.82) is 0 Å². The number of allylic oxidation sites excluding steroid dienone is 1. The number of benzene rings is 3. The lowest BCUT2D eigenvalue weighted by molar-refractivity contribution is -0.384. The van der Waals surface area contributed by atoms with Gasteiger partial charge in [-0.15, -0.1) is 0 Å². The summed E-state index contributed by atoms with van der Waals surface area (Å²) in [4.78, 5) is 25.5. The molecule has 3 aromatic rings. The normalized spacial score (nSPS) is 11.7. The molecular weight excluding hydrogens is 668 g/mol. The Morgan fingerprint density at radius 2 is 1.47 bits per heavy atom. The van der Waals surface area contributed by atoms with Gasteiger partial charge >= 0.3 is 0 Å². The fraction of sp³-hybridized carbons (Fsp3) is 0. The molecule has 0 bridgehead atoms. The van der Waals surface area contributed by atoms with E-state index in [-0.39, 0.29) is 16.5 Å². The second kappa shape index (κ2) is 10.4. The van der Waals surface area contributed by atoms with Crippen molar-refractivity contribution in [1.82, 2.24) is 0 Å². The number of halogens is 4. The van der Waals surface area contributed by atoms with Crippen LogP contribution in [0.25, 0.3) is 3.58 Å². The van der Waals surface area contributed by atoms with E-state index in [9.17, 15) is 14.9 Å². The van der Waals surface area contributed by atoms with Crippen LogP contribution >= 0.6 is 77.8 Å². The van der Waals surface area contributed by atoms with Crippen molar-refractivity contribution in [3.8, 4) is 0 Å². The molecule has 0 heterocycles. The highest BCUT2D eigenvalue weighted by atomic mass is 127. The Morgan fingerprint density at radius 1 is 0.933 bits per heavy atom. The van der Waals surface area contributed by atoms with Gasteiger partial charge < -0.3 is 0 Å². The van der Waals surface area contributed by atoms with E-state index < -0.39 is 4.92 Å². The number of hydrogen-bond donors (Lipinski definition) is 0. The molecule has 0 N–H and O–H groups in total. The minimum Gasteiger partial charge on any atom is -0.288 e. The molecule has 0 aliphatic rings. The quantitative estimate of drug-likeness (QED) is 0.0655. The maximum atomic E-state index is 13.4. The SMILES string of the molecule is O=C(C(Sc1ccc(Br)cc1)=C(I)c1ccc(Cl)c([N+](=O)[O-])c1)c1ccc(Br)cc1. The Labute approximate surface area is 212 Å². The first kappa shape index (κ1) is 23.5. The third kappa shape index (κ3) is 5.73. The zero-order valence-corrected chi connectivity index (χ0v) is 21.8. The highest BCUT2D eigenvalue weighted by molar-refractivity contribution is 14.1. The second-order valence-electron chi connectivity index (χ2n) is 5.96. The van der Waals surface area contributed by atoms with Crippen LogP contribution in [0, 0.1) is 10.1 Å². The number of rotatable bonds is 6. The summed E-state index contributed by atoms with van der Waals surface area (Å²) in [6.45, 7) is 0. The minimum absolute atomic E-state index is 0.0503. The molecule has 152 valence electrons. The lowest BCUT2D eigenvalue weighted by Gasteiger charge is -2.11. The molecule has 30 heavy (non-hydrogen) atoms. The van der Waals surface area contributed by atoms with E-state index in [4.69, 9.17) is 11.6 Å². The molecule has 3 aromatic carbocycles. The smallest absolute Gasteiger partial charge is 0.288 e. The largest absolute Gasteiger partial charge is 0.288 e. The molecular formula is C21H11Br2ClINO3S. The Kier molecular flexibility index (Phi) is 8.14. The summed E-state index contributed by atoms with van der Waals surface area (Å²) in [5.41, 5.74) is 0.875. The van der Waals surface area contributed by atoms with Gasteiger partial charge in [0.25, 0.3) is 5.69 Å². The zero-order valence-electron chi connectivity index (χ0n) is 14.9. The molecule has 4 nitrogen and oxygen atoms in total. The van der Waals surface area contributed by atoms with Crippen LogP contribution in [0.15, 0.2) is 85.5 Å². The van der Waals surface area contributed by atoms with Crippen molar-refractivity contribution in [2.24, 2.45) is 0 Å². The predicted octanol–water partition coefficient (Wildman–Crippen LogP) is 8.55. The van der Waals surface area contributed by atoms with Crippen LogP contribution in [0.4, 0.5) is 5.69 Å². The third-order valence-corrected chi connectivity index (χ3v) is 7.95. The summed E-state index contributed by atoms with van der Waals surface area (Å²) in [5.74, 6) is -0.169. The zero-order chi connectivity index (χ0) is 21.8. The van der Waals surface area contributed by atoms with Crippen LogP contribution < -0.4 is 0 Å². The number of carbonyl (C=O) groups is 1. The highest BCUT2D eigenvalue weighted by Crippen LogP contribution is 2.40. The standard InChI is InChI=1S/C21H11Br2ClINO3S/c22-14-4-1-12(2-5-14)20(27)21(30-16-8-6-15(23)7-9-16)19(25)13-3-10-17(24)18(11-13)26(28)29/h1-11H. The van der Waals surface area contributed by atoms with Gasteiger partial charge in [-0.2, -0.15) is 0 Å². The Bertz CT molecular complexity index is 1150. The number of thioether (sulfide) groups is 1. The number of nitro groups is 1. The van der Waals surface area contributed by atoms with E-state index in [1.807, 2.05) is 24.3 Å². The topological polar surface area (TPSA) is 60.2 Å². The van der Waals surface area contributed by atoms with Gasteiger partial charge in [-0.3, -0.25) is 14.9 Å². The Morgan fingerprint density at radius 3 is 2.03 bits per heavy atom. The molecule has 0 aliphatic carbocycles. The molecule has 9 heteroatoms. The molecule has 0 saturated heterocycles. The summed E-state index contributed by atoms with van der Waals surface area (Å²) in [6.07, 6.45) is 0. The van der Waals surface area contributed by atoms with Crippen molar-refractivity contribution in [2.45, 2.75) is 4.90 Å². The molecule has 3 rings (SSSR count). The predicted molar refractivity (Wildman–Crippen MR) is 138 cm³/mol. The van der Waals surface area contributed by atoms with Gasteiger partial charge in [0.2, 0.25) is 5.78 Å². The van der Waals surface area contributed by atoms with E-state index in [1.165, 1.54) is 23.9 Å². The van der Waals surface area contributed by atoms with E-state index >= 15 is 0 Å². The number of nitro benzene ring substituents is 1. The lowest BCUT2D eigenvalue weighted by atomic mass is 10.1. The van der Waals surface area contributed by atoms with Crippen molar-refractivity contribution >= 4 is 92.9 Å². The van der Waals surface area contributed by atoms with Crippen LogP contribution in [0.2, 0.25) is 5.02 Å². The second-order valence-corrected chi connectivity index (χ2v) is 10.4. The first-order chi connectivity index (χ1) is 14.3. The number of Topliss-reactive ketones (excluding diaryl/α,β-unsaturated/α-hetero) is 1. The summed E-state index contributed by atoms with van der Waals surface area (Å²) >= 11 is 16.1. The third-order valence-electron chi connectivity index (χ3n) is 3.94. The van der Waals surface area contributed by atoms with E-state index in [2.05, 4.69) is 54.5 Å². The first-order valence-electron chi connectivity index (χ1n) is 8.34. The molecule has 0 aromatic heterocycles. The summed E-state index contributed by atoms with van der Waals surface area (Å²) < 4.78 is 2.40. The van der Waals surface area contributed by atoms with Gasteiger partial charge in [-0.05, 0) is 82.8 Å². The molecule has 0 amide bonds. The molecule has 0 saturated carbocycles. The van der Waals surface area contributed by atoms with E-state index in [0.29, 0.717) is 19.6 Å². The van der Waals surface area contributed by atoms with E-state index in [0.717, 1.165) is 13.8 Å². The van der Waals surface area contributed by atoms with Crippen molar-refractivity contribution < 1.29 is 9.72 Å².